The number of hydrogen-bond donors (Lipinski definition) is 3. The van der Waals surface area contributed by atoms with Gasteiger partial charge in [0.1, 0.15) is 16.8 Å². The van der Waals surface area contributed by atoms with E-state index >= 15 is 0 Å². The summed E-state index contributed by atoms with van der Waals surface area (Å²) >= 11 is 0. The van der Waals surface area contributed by atoms with Crippen molar-refractivity contribution in [1.29, 1.82) is 0 Å². The summed E-state index contributed by atoms with van der Waals surface area (Å²) in [6.45, 7) is 6.20. The topological polar surface area (TPSA) is 115 Å². The molecular formula is C19H28N6O2. The molecule has 1 aliphatic rings. The first-order chi connectivity index (χ1) is 12.9. The fourth-order valence-electron chi connectivity index (χ4n) is 2.92. The van der Waals surface area contributed by atoms with Crippen LogP contribution in [0.4, 0.5) is 11.8 Å². The van der Waals surface area contributed by atoms with Gasteiger partial charge in [0.05, 0.1) is 17.8 Å². The van der Waals surface area contributed by atoms with E-state index in [4.69, 9.17) is 10.5 Å². The third-order valence-corrected chi connectivity index (χ3v) is 4.59. The minimum Gasteiger partial charge on any atom is -0.489 e. The van der Waals surface area contributed by atoms with Gasteiger partial charge in [0.2, 0.25) is 11.9 Å². The van der Waals surface area contributed by atoms with Crippen LogP contribution in [0.2, 0.25) is 0 Å². The van der Waals surface area contributed by atoms with Gasteiger partial charge >= 0.3 is 0 Å². The SMILES string of the molecule is CCCC[C@](C)(CNC(C)=O)Nc1nc(N)nc2cc(OC3CC3)cnc12. The predicted molar refractivity (Wildman–Crippen MR) is 106 cm³/mol. The lowest BCUT2D eigenvalue weighted by molar-refractivity contribution is -0.119. The monoisotopic (exact) mass is 372 g/mol. The average molecular weight is 372 g/mol. The molecule has 2 aromatic heterocycles. The van der Waals surface area contributed by atoms with Crippen molar-refractivity contribution in [2.75, 3.05) is 17.6 Å². The third kappa shape index (κ3) is 5.18. The van der Waals surface area contributed by atoms with Gasteiger partial charge in [-0.1, -0.05) is 19.8 Å². The van der Waals surface area contributed by atoms with Crippen LogP contribution in [0, 0.1) is 0 Å². The molecule has 8 heteroatoms. The van der Waals surface area contributed by atoms with Crippen molar-refractivity contribution in [1.82, 2.24) is 20.3 Å². The zero-order valence-electron chi connectivity index (χ0n) is 16.2. The molecule has 4 N–H and O–H groups in total. The van der Waals surface area contributed by atoms with E-state index in [2.05, 4.69) is 39.4 Å². The van der Waals surface area contributed by atoms with Crippen molar-refractivity contribution in [3.05, 3.63) is 12.3 Å². The number of ether oxygens (including phenoxy) is 1. The molecular weight excluding hydrogens is 344 g/mol. The molecule has 0 spiro atoms. The maximum absolute atomic E-state index is 11.4. The Balaban J connectivity index is 1.89. The summed E-state index contributed by atoms with van der Waals surface area (Å²) in [5.74, 6) is 1.37. The van der Waals surface area contributed by atoms with Gasteiger partial charge in [-0.25, -0.2) is 9.97 Å². The third-order valence-electron chi connectivity index (χ3n) is 4.59. The van der Waals surface area contributed by atoms with Crippen LogP contribution >= 0.6 is 0 Å². The highest BCUT2D eigenvalue weighted by atomic mass is 16.5. The van der Waals surface area contributed by atoms with Gasteiger partial charge in [0, 0.05) is 19.5 Å². The molecule has 1 saturated carbocycles. The van der Waals surface area contributed by atoms with Crippen molar-refractivity contribution < 1.29 is 9.53 Å². The average Bonchev–Trinajstić information content (AvgIpc) is 3.42. The number of aromatic nitrogens is 3. The van der Waals surface area contributed by atoms with Crippen molar-refractivity contribution in [2.45, 2.75) is 64.5 Å². The van der Waals surface area contributed by atoms with E-state index < -0.39 is 0 Å². The number of nitrogens with two attached hydrogens (primary N) is 1. The molecule has 2 aromatic rings. The summed E-state index contributed by atoms with van der Waals surface area (Å²) in [5.41, 5.74) is 6.83. The van der Waals surface area contributed by atoms with Crippen LogP contribution in [0.15, 0.2) is 12.3 Å². The van der Waals surface area contributed by atoms with Crippen LogP contribution in [0.3, 0.4) is 0 Å². The summed E-state index contributed by atoms with van der Waals surface area (Å²) in [4.78, 5) is 24.6. The van der Waals surface area contributed by atoms with Gasteiger partial charge in [-0.15, -0.1) is 0 Å². The molecule has 0 radical (unpaired) electrons. The van der Waals surface area contributed by atoms with E-state index in [1.807, 2.05) is 6.07 Å². The van der Waals surface area contributed by atoms with E-state index in [1.54, 1.807) is 6.20 Å². The normalized spacial score (nSPS) is 16.0. The van der Waals surface area contributed by atoms with Crippen molar-refractivity contribution in [3.8, 4) is 5.75 Å². The largest absolute Gasteiger partial charge is 0.489 e. The molecule has 0 aliphatic heterocycles. The molecule has 0 saturated heterocycles. The van der Waals surface area contributed by atoms with Crippen molar-refractivity contribution in [3.63, 3.8) is 0 Å². The summed E-state index contributed by atoms with van der Waals surface area (Å²) < 4.78 is 5.80. The Bertz CT molecular complexity index is 823. The number of nitrogens with one attached hydrogen (secondary N) is 2. The molecule has 1 fully saturated rings. The van der Waals surface area contributed by atoms with Gasteiger partial charge in [0.25, 0.3) is 0 Å². The number of carbonyl (C=O) groups is 1. The predicted octanol–water partition coefficient (Wildman–Crippen LogP) is 2.65. The second kappa shape index (κ2) is 7.94. The minimum absolute atomic E-state index is 0.0634. The molecule has 2 heterocycles. The Morgan fingerprint density at radius 2 is 2.19 bits per heavy atom. The standard InChI is InChI=1S/C19H28N6O2/c1-4-5-8-19(3,11-22-12(2)26)25-17-16-15(23-18(20)24-17)9-14(10-21-16)27-13-6-7-13/h9-10,13H,4-8,11H2,1-3H3,(H,22,26)(H3,20,23,24,25)/t19-/m1/s1. The lowest BCUT2D eigenvalue weighted by atomic mass is 9.94. The number of unbranched alkanes of at least 4 members (excludes halogenated alkanes) is 1. The second-order valence-electron chi connectivity index (χ2n) is 7.49. The number of pyridine rings is 1. The molecule has 27 heavy (non-hydrogen) atoms. The first kappa shape index (κ1) is 19.1. The number of hydrogen-bond acceptors (Lipinski definition) is 7. The summed E-state index contributed by atoms with van der Waals surface area (Å²) in [7, 11) is 0. The Hall–Kier alpha value is -2.64. The molecule has 0 aromatic carbocycles. The van der Waals surface area contributed by atoms with Crippen molar-refractivity contribution in [2.24, 2.45) is 0 Å². The molecule has 146 valence electrons. The molecule has 1 atom stereocenters. The van der Waals surface area contributed by atoms with Crippen LogP contribution < -0.4 is 21.1 Å². The van der Waals surface area contributed by atoms with Gasteiger partial charge < -0.3 is 21.1 Å². The van der Waals surface area contributed by atoms with Crippen LogP contribution in [-0.2, 0) is 4.79 Å². The quantitative estimate of drug-likeness (QED) is 0.620. The van der Waals surface area contributed by atoms with Gasteiger partial charge in [-0.2, -0.15) is 4.98 Å². The Labute approximate surface area is 159 Å². The number of anilines is 2. The Morgan fingerprint density at radius 1 is 1.41 bits per heavy atom. The maximum Gasteiger partial charge on any atom is 0.222 e. The van der Waals surface area contributed by atoms with Crippen LogP contribution in [-0.4, -0.2) is 39.0 Å². The van der Waals surface area contributed by atoms with E-state index in [9.17, 15) is 4.79 Å². The first-order valence-electron chi connectivity index (χ1n) is 9.51. The van der Waals surface area contributed by atoms with Crippen LogP contribution in [0.1, 0.15) is 52.9 Å². The molecule has 0 bridgehead atoms. The number of nitrogens with zero attached hydrogens (tertiary/aromatic N) is 3. The number of rotatable bonds is 9. The zero-order chi connectivity index (χ0) is 19.4. The number of carbonyl (C=O) groups excluding carboxylic acids is 1. The zero-order valence-corrected chi connectivity index (χ0v) is 16.2. The van der Waals surface area contributed by atoms with E-state index in [0.29, 0.717) is 29.1 Å². The van der Waals surface area contributed by atoms with E-state index in [1.165, 1.54) is 6.92 Å². The van der Waals surface area contributed by atoms with Gasteiger partial charge in [-0.3, -0.25) is 4.79 Å². The van der Waals surface area contributed by atoms with E-state index in [0.717, 1.165) is 32.1 Å². The number of amides is 1. The molecule has 1 amide bonds. The summed E-state index contributed by atoms with van der Waals surface area (Å²) in [6.07, 6.45) is 7.10. The highest BCUT2D eigenvalue weighted by molar-refractivity contribution is 5.87. The Kier molecular flexibility index (Phi) is 5.62. The van der Waals surface area contributed by atoms with Crippen LogP contribution in [0.5, 0.6) is 5.75 Å². The number of fused-ring (bicyclic) bond motifs is 1. The lowest BCUT2D eigenvalue weighted by Crippen LogP contribution is -2.46. The molecule has 1 aliphatic carbocycles. The lowest BCUT2D eigenvalue weighted by Gasteiger charge is -2.32. The molecule has 0 unspecified atom stereocenters. The highest BCUT2D eigenvalue weighted by Gasteiger charge is 2.27. The first-order valence-corrected chi connectivity index (χ1v) is 9.51. The smallest absolute Gasteiger partial charge is 0.222 e. The van der Waals surface area contributed by atoms with Gasteiger partial charge in [0.15, 0.2) is 5.82 Å². The number of nitrogen functional groups attached to an aromatic ring is 1. The Morgan fingerprint density at radius 3 is 2.85 bits per heavy atom. The summed E-state index contributed by atoms with van der Waals surface area (Å²) in [5, 5.41) is 6.35. The molecule has 8 nitrogen and oxygen atoms in total. The fourth-order valence-corrected chi connectivity index (χ4v) is 2.92. The van der Waals surface area contributed by atoms with E-state index in [-0.39, 0.29) is 23.5 Å². The minimum atomic E-state index is -0.375. The summed E-state index contributed by atoms with van der Waals surface area (Å²) in [6, 6.07) is 1.85. The second-order valence-corrected chi connectivity index (χ2v) is 7.49. The van der Waals surface area contributed by atoms with Crippen LogP contribution in [0.25, 0.3) is 11.0 Å². The maximum atomic E-state index is 11.4. The fraction of sp³-hybridized carbons (Fsp3) is 0.579. The molecule has 3 rings (SSSR count). The van der Waals surface area contributed by atoms with Crippen molar-refractivity contribution >= 4 is 28.7 Å². The van der Waals surface area contributed by atoms with Gasteiger partial charge in [-0.05, 0) is 26.2 Å². The highest BCUT2D eigenvalue weighted by Crippen LogP contribution is 2.30.